The first-order valence-corrected chi connectivity index (χ1v) is 9.35. The van der Waals surface area contributed by atoms with Crippen LogP contribution in [-0.2, 0) is 0 Å². The molecule has 4 heterocycles. The van der Waals surface area contributed by atoms with Gasteiger partial charge in [-0.15, -0.1) is 0 Å². The van der Waals surface area contributed by atoms with Crippen molar-refractivity contribution in [2.75, 3.05) is 24.5 Å². The summed E-state index contributed by atoms with van der Waals surface area (Å²) in [5, 5.41) is 11.4. The van der Waals surface area contributed by atoms with Crippen molar-refractivity contribution >= 4 is 16.9 Å². The molecular weight excluding hydrogens is 343 g/mol. The number of halogens is 1. The van der Waals surface area contributed by atoms with Crippen LogP contribution < -0.4 is 10.2 Å². The predicted octanol–water partition coefficient (Wildman–Crippen LogP) is 3.62. The van der Waals surface area contributed by atoms with E-state index in [-0.39, 0.29) is 18.4 Å². The Bertz CT molecular complexity index is 951. The van der Waals surface area contributed by atoms with E-state index in [9.17, 15) is 4.39 Å². The van der Waals surface area contributed by atoms with E-state index < -0.39 is 0 Å². The number of pyridine rings is 2. The number of nitrogens with one attached hydrogen (secondary N) is 2. The van der Waals surface area contributed by atoms with E-state index in [0.29, 0.717) is 17.4 Å². The monoisotopic (exact) mass is 370 g/mol. The molecule has 4 rings (SSSR count). The van der Waals surface area contributed by atoms with Gasteiger partial charge < -0.3 is 10.2 Å². The zero-order valence-electron chi connectivity index (χ0n) is 16.0. The van der Waals surface area contributed by atoms with Crippen LogP contribution in [0.2, 0.25) is 0 Å². The summed E-state index contributed by atoms with van der Waals surface area (Å²) in [6, 6.07) is 7.33. The molecule has 6 nitrogen and oxygen atoms in total. The lowest BCUT2D eigenvalue weighted by Gasteiger charge is -2.37. The van der Waals surface area contributed by atoms with Gasteiger partial charge in [0.2, 0.25) is 0 Å². The molecule has 0 unspecified atom stereocenters. The van der Waals surface area contributed by atoms with Crippen molar-refractivity contribution in [1.82, 2.24) is 25.5 Å². The summed E-state index contributed by atoms with van der Waals surface area (Å²) in [5.41, 5.74) is 1.67. The molecule has 1 fully saturated rings. The average Bonchev–Trinajstić information content (AvgIpc) is 3.05. The van der Waals surface area contributed by atoms with Crippen molar-refractivity contribution in [2.45, 2.75) is 33.2 Å². The van der Waals surface area contributed by atoms with Gasteiger partial charge in [-0.05, 0) is 36.1 Å². The highest BCUT2D eigenvalue weighted by molar-refractivity contribution is 5.89. The molecule has 0 aliphatic carbocycles. The van der Waals surface area contributed by atoms with Crippen LogP contribution in [0.4, 0.5) is 10.2 Å². The number of hydrogen-bond acceptors (Lipinski definition) is 5. The number of rotatable bonds is 3. The van der Waals surface area contributed by atoms with Gasteiger partial charge in [-0.1, -0.05) is 20.8 Å². The van der Waals surface area contributed by atoms with E-state index in [4.69, 9.17) is 0 Å². The van der Waals surface area contributed by atoms with Crippen LogP contribution in [-0.4, -0.2) is 45.8 Å². The summed E-state index contributed by atoms with van der Waals surface area (Å²) >= 11 is 0. The van der Waals surface area contributed by atoms with Gasteiger partial charge in [-0.2, -0.15) is 5.10 Å². The average molecular weight is 370 g/mol. The van der Waals surface area contributed by atoms with Crippen LogP contribution in [0.25, 0.3) is 22.4 Å². The molecule has 144 valence electrons. The fraction of sp³-hybridized carbons (Fsp3) is 0.450. The molecule has 3 aromatic rings. The Morgan fingerprint density at radius 1 is 1.30 bits per heavy atom. The van der Waals surface area contributed by atoms with E-state index in [1.807, 2.05) is 12.1 Å². The Kier molecular flexibility index (Phi) is 4.55. The molecule has 1 saturated heterocycles. The Morgan fingerprint density at radius 2 is 2.15 bits per heavy atom. The lowest BCUT2D eigenvalue weighted by Crippen LogP contribution is -2.52. The quantitative estimate of drug-likeness (QED) is 0.737. The van der Waals surface area contributed by atoms with Crippen LogP contribution in [0.1, 0.15) is 28.6 Å². The van der Waals surface area contributed by atoms with E-state index >= 15 is 0 Å². The summed E-state index contributed by atoms with van der Waals surface area (Å²) in [4.78, 5) is 11.1. The van der Waals surface area contributed by atoms with Crippen molar-refractivity contribution < 1.29 is 5.82 Å². The molecule has 0 bridgehead atoms. The van der Waals surface area contributed by atoms with Crippen molar-refractivity contribution in [3.63, 3.8) is 0 Å². The second kappa shape index (κ2) is 6.88. The van der Waals surface area contributed by atoms with Crippen molar-refractivity contribution in [3.05, 3.63) is 36.3 Å². The van der Waals surface area contributed by atoms with Gasteiger partial charge >= 0.3 is 0 Å². The van der Waals surface area contributed by atoms with Gasteiger partial charge in [0.1, 0.15) is 11.5 Å². The number of hydrogen-bond donors (Lipinski definition) is 2. The SMILES string of the molecule is CC(C)(C)C[C@H]1CN(c2ccc(F)c(-c3[nH]nc4ncccc34)n2)CCN1.[HH]. The maximum absolute atomic E-state index is 14.6. The van der Waals surface area contributed by atoms with Crippen LogP contribution in [0, 0.1) is 11.2 Å². The van der Waals surface area contributed by atoms with Crippen LogP contribution in [0.3, 0.4) is 0 Å². The fourth-order valence-corrected chi connectivity index (χ4v) is 3.72. The highest BCUT2D eigenvalue weighted by Gasteiger charge is 2.25. The van der Waals surface area contributed by atoms with E-state index in [1.54, 1.807) is 12.3 Å². The first-order chi connectivity index (χ1) is 12.9. The molecule has 27 heavy (non-hydrogen) atoms. The molecule has 7 heteroatoms. The summed E-state index contributed by atoms with van der Waals surface area (Å²) < 4.78 is 14.6. The first-order valence-electron chi connectivity index (χ1n) is 9.35. The minimum absolute atomic E-state index is 0. The number of H-pyrrole nitrogens is 1. The maximum atomic E-state index is 14.6. The Balaban J connectivity index is 0.00000225. The van der Waals surface area contributed by atoms with E-state index in [1.165, 1.54) is 6.07 Å². The van der Waals surface area contributed by atoms with Gasteiger partial charge in [-0.3, -0.25) is 5.10 Å². The van der Waals surface area contributed by atoms with Crippen molar-refractivity contribution in [2.24, 2.45) is 5.41 Å². The number of nitrogens with zero attached hydrogens (tertiary/aromatic N) is 4. The number of piperazine rings is 1. The maximum Gasteiger partial charge on any atom is 0.181 e. The second-order valence-corrected chi connectivity index (χ2v) is 8.33. The molecule has 1 atom stereocenters. The highest BCUT2D eigenvalue weighted by atomic mass is 19.1. The van der Waals surface area contributed by atoms with Gasteiger partial charge in [0.15, 0.2) is 11.5 Å². The van der Waals surface area contributed by atoms with Crippen molar-refractivity contribution in [3.8, 4) is 11.4 Å². The molecule has 0 radical (unpaired) electrons. The zero-order chi connectivity index (χ0) is 19.0. The Hall–Kier alpha value is -2.54. The highest BCUT2D eigenvalue weighted by Crippen LogP contribution is 2.29. The third-order valence-corrected chi connectivity index (χ3v) is 4.84. The Morgan fingerprint density at radius 3 is 2.96 bits per heavy atom. The lowest BCUT2D eigenvalue weighted by atomic mass is 9.87. The summed E-state index contributed by atoms with van der Waals surface area (Å²) in [6.07, 6.45) is 2.75. The predicted molar refractivity (Wildman–Crippen MR) is 107 cm³/mol. The van der Waals surface area contributed by atoms with E-state index in [2.05, 4.69) is 51.2 Å². The van der Waals surface area contributed by atoms with Gasteiger partial charge in [0.25, 0.3) is 0 Å². The third-order valence-electron chi connectivity index (χ3n) is 4.84. The van der Waals surface area contributed by atoms with Crippen molar-refractivity contribution in [1.29, 1.82) is 0 Å². The van der Waals surface area contributed by atoms with Gasteiger partial charge in [0.05, 0.1) is 5.69 Å². The smallest absolute Gasteiger partial charge is 0.181 e. The largest absolute Gasteiger partial charge is 0.354 e. The van der Waals surface area contributed by atoms with Crippen LogP contribution in [0.15, 0.2) is 30.5 Å². The summed E-state index contributed by atoms with van der Waals surface area (Å²) in [7, 11) is 0. The topological polar surface area (TPSA) is 69.7 Å². The standard InChI is InChI=1S/C20H25FN6.H2/c1-20(2,3)11-13-12-27(10-9-22-13)16-7-6-15(21)18(24-16)17-14-5-4-8-23-19(14)26-25-17;/h4-8,13,22H,9-12H2,1-3H3,(H,23,25,26);1H/t13-;/m0./s1. The molecule has 0 amide bonds. The molecular formula is C20H27FN6. The zero-order valence-corrected chi connectivity index (χ0v) is 16.0. The number of fused-ring (bicyclic) bond motifs is 1. The summed E-state index contributed by atoms with van der Waals surface area (Å²) in [5.74, 6) is 0.424. The minimum Gasteiger partial charge on any atom is -0.354 e. The molecule has 0 aromatic carbocycles. The first kappa shape index (κ1) is 17.9. The van der Waals surface area contributed by atoms with Gasteiger partial charge in [0, 0.05) is 38.7 Å². The molecule has 0 spiro atoms. The van der Waals surface area contributed by atoms with E-state index in [0.717, 1.165) is 37.3 Å². The van der Waals surface area contributed by atoms with Crippen LogP contribution in [0.5, 0.6) is 0 Å². The molecule has 0 saturated carbocycles. The molecule has 2 N–H and O–H groups in total. The number of anilines is 1. The fourth-order valence-electron chi connectivity index (χ4n) is 3.72. The lowest BCUT2D eigenvalue weighted by molar-refractivity contribution is 0.296. The minimum atomic E-state index is -0.366. The molecule has 3 aromatic heterocycles. The number of aromatic amines is 1. The van der Waals surface area contributed by atoms with Crippen LogP contribution >= 0.6 is 0 Å². The second-order valence-electron chi connectivity index (χ2n) is 8.33. The summed E-state index contributed by atoms with van der Waals surface area (Å²) in [6.45, 7) is 9.36. The molecule has 1 aliphatic rings. The van der Waals surface area contributed by atoms with Gasteiger partial charge in [-0.25, -0.2) is 14.4 Å². The molecule has 1 aliphatic heterocycles. The third kappa shape index (κ3) is 3.78. The number of aromatic nitrogens is 4. The Labute approximate surface area is 159 Å². The normalized spacial score (nSPS) is 18.2.